The van der Waals surface area contributed by atoms with Crippen molar-refractivity contribution in [1.82, 2.24) is 4.90 Å². The summed E-state index contributed by atoms with van der Waals surface area (Å²) in [7, 11) is 1.54. The van der Waals surface area contributed by atoms with Crippen LogP contribution in [0.25, 0.3) is 0 Å². The number of amides is 1. The molecule has 5 heteroatoms. The van der Waals surface area contributed by atoms with Crippen molar-refractivity contribution >= 4 is 33.4 Å². The minimum absolute atomic E-state index is 0.0236. The minimum atomic E-state index is -0.0236. The maximum atomic E-state index is 12.6. The summed E-state index contributed by atoms with van der Waals surface area (Å²) in [5, 5.41) is 1.44. The van der Waals surface area contributed by atoms with Gasteiger partial charge in [0.05, 0.1) is 12.7 Å². The summed E-state index contributed by atoms with van der Waals surface area (Å²) >= 11 is 9.30. The average molecular weight is 349 g/mol. The Morgan fingerprint density at radius 2 is 2.16 bits per heavy atom. The van der Waals surface area contributed by atoms with E-state index in [1.807, 2.05) is 18.7 Å². The monoisotopic (exact) mass is 347 g/mol. The summed E-state index contributed by atoms with van der Waals surface area (Å²) in [4.78, 5) is 14.4. The van der Waals surface area contributed by atoms with Crippen molar-refractivity contribution in [3.8, 4) is 5.75 Å². The molecule has 0 aliphatic rings. The van der Waals surface area contributed by atoms with Crippen LogP contribution in [0, 0.1) is 0 Å². The van der Waals surface area contributed by atoms with Crippen molar-refractivity contribution < 1.29 is 9.53 Å². The Balaban J connectivity index is 3.02. The van der Waals surface area contributed by atoms with Gasteiger partial charge in [0.15, 0.2) is 0 Å². The Morgan fingerprint density at radius 3 is 2.68 bits per heavy atom. The van der Waals surface area contributed by atoms with Crippen molar-refractivity contribution in [2.45, 2.75) is 26.3 Å². The fourth-order valence-corrected chi connectivity index (χ4v) is 2.23. The number of alkyl halides is 1. The van der Waals surface area contributed by atoms with Gasteiger partial charge in [-0.05, 0) is 38.5 Å². The van der Waals surface area contributed by atoms with Crippen molar-refractivity contribution in [2.24, 2.45) is 0 Å². The van der Waals surface area contributed by atoms with Crippen molar-refractivity contribution in [3.05, 3.63) is 28.8 Å². The zero-order valence-electron chi connectivity index (χ0n) is 11.5. The highest BCUT2D eigenvalue weighted by atomic mass is 79.9. The predicted octanol–water partition coefficient (Wildman–Crippen LogP) is 3.98. The molecule has 106 valence electrons. The second kappa shape index (κ2) is 7.75. The molecule has 3 nitrogen and oxygen atoms in total. The summed E-state index contributed by atoms with van der Waals surface area (Å²) in [6, 6.07) is 5.23. The molecule has 0 saturated carbocycles. The van der Waals surface area contributed by atoms with E-state index in [9.17, 15) is 4.79 Å². The second-order valence-electron chi connectivity index (χ2n) is 4.48. The Hall–Kier alpha value is -0.740. The molecule has 1 aromatic rings. The maximum Gasteiger partial charge on any atom is 0.257 e. The van der Waals surface area contributed by atoms with Crippen LogP contribution < -0.4 is 4.74 Å². The van der Waals surface area contributed by atoms with E-state index < -0.39 is 0 Å². The minimum Gasteiger partial charge on any atom is -0.496 e. The molecule has 0 fully saturated rings. The number of benzene rings is 1. The molecule has 0 saturated heterocycles. The van der Waals surface area contributed by atoms with Gasteiger partial charge in [-0.3, -0.25) is 4.79 Å². The van der Waals surface area contributed by atoms with Crippen LogP contribution in [0.4, 0.5) is 0 Å². The average Bonchev–Trinajstić information content (AvgIpc) is 2.38. The van der Waals surface area contributed by atoms with Crippen molar-refractivity contribution in [2.75, 3.05) is 19.0 Å². The van der Waals surface area contributed by atoms with Gasteiger partial charge >= 0.3 is 0 Å². The van der Waals surface area contributed by atoms with Gasteiger partial charge in [-0.1, -0.05) is 27.5 Å². The van der Waals surface area contributed by atoms with Gasteiger partial charge in [-0.15, -0.1) is 0 Å². The van der Waals surface area contributed by atoms with Crippen LogP contribution in [0.15, 0.2) is 18.2 Å². The fraction of sp³-hybridized carbons (Fsp3) is 0.500. The van der Waals surface area contributed by atoms with Crippen LogP contribution >= 0.6 is 27.5 Å². The van der Waals surface area contributed by atoms with Crippen LogP contribution in [0.1, 0.15) is 30.6 Å². The molecule has 0 atom stereocenters. The molecule has 0 spiro atoms. The lowest BCUT2D eigenvalue weighted by Gasteiger charge is -2.27. The summed E-state index contributed by atoms with van der Waals surface area (Å²) < 4.78 is 5.24. The number of halogens is 2. The number of carbonyl (C=O) groups is 1. The quantitative estimate of drug-likeness (QED) is 0.728. The molecule has 0 bridgehead atoms. The first-order chi connectivity index (χ1) is 9.01. The van der Waals surface area contributed by atoms with E-state index in [0.29, 0.717) is 22.9 Å². The third kappa shape index (κ3) is 4.39. The molecule has 19 heavy (non-hydrogen) atoms. The van der Waals surface area contributed by atoms with Crippen molar-refractivity contribution in [1.29, 1.82) is 0 Å². The number of rotatable bonds is 6. The summed E-state index contributed by atoms with van der Waals surface area (Å²) in [5.74, 6) is 0.492. The van der Waals surface area contributed by atoms with E-state index in [4.69, 9.17) is 16.3 Å². The first-order valence-electron chi connectivity index (χ1n) is 6.21. The fourth-order valence-electron chi connectivity index (χ4n) is 1.82. The molecule has 0 aromatic heterocycles. The lowest BCUT2D eigenvalue weighted by molar-refractivity contribution is 0.0703. The molecule has 1 amide bonds. The largest absolute Gasteiger partial charge is 0.496 e. The second-order valence-corrected chi connectivity index (χ2v) is 5.71. The summed E-state index contributed by atoms with van der Waals surface area (Å²) in [6.45, 7) is 4.73. The van der Waals surface area contributed by atoms with Gasteiger partial charge < -0.3 is 9.64 Å². The van der Waals surface area contributed by atoms with Gasteiger partial charge in [-0.25, -0.2) is 0 Å². The van der Waals surface area contributed by atoms with Crippen LogP contribution in [0.2, 0.25) is 5.02 Å². The van der Waals surface area contributed by atoms with Crippen LogP contribution in [-0.4, -0.2) is 35.8 Å². The highest BCUT2D eigenvalue weighted by Crippen LogP contribution is 2.25. The smallest absolute Gasteiger partial charge is 0.257 e. The Bertz CT molecular complexity index is 437. The van der Waals surface area contributed by atoms with Gasteiger partial charge in [0.25, 0.3) is 5.91 Å². The molecule has 0 aliphatic heterocycles. The van der Waals surface area contributed by atoms with Crippen LogP contribution in [-0.2, 0) is 0 Å². The van der Waals surface area contributed by atoms with E-state index in [0.717, 1.165) is 11.8 Å². The lowest BCUT2D eigenvalue weighted by Crippen LogP contribution is -2.38. The molecule has 0 aliphatic carbocycles. The molecule has 0 radical (unpaired) electrons. The molecule has 1 rings (SSSR count). The summed E-state index contributed by atoms with van der Waals surface area (Å²) in [6.07, 6.45) is 0.916. The Morgan fingerprint density at radius 1 is 1.47 bits per heavy atom. The highest BCUT2D eigenvalue weighted by Gasteiger charge is 2.21. The van der Waals surface area contributed by atoms with Crippen LogP contribution in [0.5, 0.6) is 5.75 Å². The van der Waals surface area contributed by atoms with E-state index in [2.05, 4.69) is 15.9 Å². The topological polar surface area (TPSA) is 29.5 Å². The lowest BCUT2D eigenvalue weighted by atomic mass is 10.1. The number of carbonyl (C=O) groups excluding carboxylic acids is 1. The number of nitrogens with zero attached hydrogens (tertiary/aromatic N) is 1. The van der Waals surface area contributed by atoms with E-state index >= 15 is 0 Å². The molecule has 0 heterocycles. The van der Waals surface area contributed by atoms with Crippen molar-refractivity contribution in [3.63, 3.8) is 0 Å². The van der Waals surface area contributed by atoms with Crippen LogP contribution in [0.3, 0.4) is 0 Å². The zero-order valence-corrected chi connectivity index (χ0v) is 13.8. The van der Waals surface area contributed by atoms with Gasteiger partial charge in [-0.2, -0.15) is 0 Å². The Labute approximate surface area is 128 Å². The summed E-state index contributed by atoms with van der Waals surface area (Å²) in [5.41, 5.74) is 0.551. The SMILES string of the molecule is COc1cc(Cl)ccc1C(=O)N(CCCBr)C(C)C. The van der Waals surface area contributed by atoms with E-state index in [1.165, 1.54) is 0 Å². The first-order valence-corrected chi connectivity index (χ1v) is 7.71. The third-order valence-electron chi connectivity index (χ3n) is 2.81. The molecular weight excluding hydrogens is 330 g/mol. The molecule has 1 aromatic carbocycles. The number of hydrogen-bond donors (Lipinski definition) is 0. The molecular formula is C14H19BrClNO2. The number of hydrogen-bond acceptors (Lipinski definition) is 2. The standard InChI is InChI=1S/C14H19BrClNO2/c1-10(2)17(8-4-7-15)14(18)12-6-5-11(16)9-13(12)19-3/h5-6,9-10H,4,7-8H2,1-3H3. The number of ether oxygens (including phenoxy) is 1. The molecule has 0 unspecified atom stereocenters. The van der Waals surface area contributed by atoms with Gasteiger partial charge in [0.1, 0.15) is 5.75 Å². The highest BCUT2D eigenvalue weighted by molar-refractivity contribution is 9.09. The molecule has 0 N–H and O–H groups in total. The van der Waals surface area contributed by atoms with E-state index in [-0.39, 0.29) is 11.9 Å². The number of methoxy groups -OCH3 is 1. The van der Waals surface area contributed by atoms with Gasteiger partial charge in [0, 0.05) is 22.9 Å². The van der Waals surface area contributed by atoms with Gasteiger partial charge in [0.2, 0.25) is 0 Å². The van der Waals surface area contributed by atoms with E-state index in [1.54, 1.807) is 25.3 Å². The normalized spacial score (nSPS) is 10.6. The zero-order chi connectivity index (χ0) is 14.4. The third-order valence-corrected chi connectivity index (χ3v) is 3.61. The Kier molecular flexibility index (Phi) is 6.66. The predicted molar refractivity (Wildman–Crippen MR) is 82.6 cm³/mol. The first kappa shape index (κ1) is 16.3. The maximum absolute atomic E-state index is 12.6.